The fourth-order valence-electron chi connectivity index (χ4n) is 2.48. The van der Waals surface area contributed by atoms with E-state index in [2.05, 4.69) is 20.5 Å². The maximum Gasteiger partial charge on any atom is 0.322 e. The monoisotopic (exact) mass is 382 g/mol. The molecule has 2 aromatic heterocycles. The van der Waals surface area contributed by atoms with Gasteiger partial charge in [-0.1, -0.05) is 17.2 Å². The highest BCUT2D eigenvalue weighted by molar-refractivity contribution is 7.20. The number of anilines is 1. The van der Waals surface area contributed by atoms with Crippen LogP contribution in [0.25, 0.3) is 21.7 Å². The van der Waals surface area contributed by atoms with Crippen LogP contribution in [0.2, 0.25) is 0 Å². The molecule has 136 valence electrons. The van der Waals surface area contributed by atoms with Crippen molar-refractivity contribution in [3.05, 3.63) is 47.5 Å². The first kappa shape index (κ1) is 17.0. The summed E-state index contributed by atoms with van der Waals surface area (Å²) in [5.74, 6) is 0.965. The van der Waals surface area contributed by atoms with E-state index in [-0.39, 0.29) is 11.9 Å². The number of hydrogen-bond donors (Lipinski definition) is 1. The zero-order valence-electron chi connectivity index (χ0n) is 14.4. The van der Waals surface area contributed by atoms with Crippen molar-refractivity contribution in [2.24, 2.45) is 0 Å². The number of thiazole rings is 1. The Kier molecular flexibility index (Phi) is 4.43. The van der Waals surface area contributed by atoms with Crippen LogP contribution in [0.4, 0.5) is 6.01 Å². The molecule has 0 aliphatic rings. The van der Waals surface area contributed by atoms with Crippen molar-refractivity contribution in [2.75, 3.05) is 19.5 Å². The Bertz CT molecular complexity index is 1090. The highest BCUT2D eigenvalue weighted by Gasteiger charge is 2.17. The molecule has 4 aromatic rings. The van der Waals surface area contributed by atoms with E-state index >= 15 is 0 Å². The minimum Gasteiger partial charge on any atom is -0.493 e. The van der Waals surface area contributed by atoms with Crippen molar-refractivity contribution in [1.82, 2.24) is 15.2 Å². The molecular weight excluding hydrogens is 368 g/mol. The molecule has 4 rings (SSSR count). The van der Waals surface area contributed by atoms with Gasteiger partial charge in [0.25, 0.3) is 5.91 Å². The van der Waals surface area contributed by atoms with E-state index in [9.17, 15) is 4.79 Å². The van der Waals surface area contributed by atoms with E-state index in [1.54, 1.807) is 32.4 Å². The molecule has 1 amide bonds. The predicted octanol–water partition coefficient (Wildman–Crippen LogP) is 3.62. The standard InChI is InChI=1S/C18H14N4O4S/c1-24-12-8-7-10(9-13(12)25-2)16-21-22-18(26-16)20-15(23)17-19-11-5-3-4-6-14(11)27-17/h3-9H,1-2H3,(H,20,22,23). The van der Waals surface area contributed by atoms with Crippen LogP contribution in [-0.2, 0) is 0 Å². The van der Waals surface area contributed by atoms with Gasteiger partial charge in [-0.15, -0.1) is 16.4 Å². The van der Waals surface area contributed by atoms with Crippen LogP contribution in [0.15, 0.2) is 46.9 Å². The molecule has 1 N–H and O–H groups in total. The van der Waals surface area contributed by atoms with Crippen molar-refractivity contribution in [2.45, 2.75) is 0 Å². The summed E-state index contributed by atoms with van der Waals surface area (Å²) in [5.41, 5.74) is 1.41. The molecule has 2 heterocycles. The minimum absolute atomic E-state index is 0.0101. The number of aromatic nitrogens is 3. The van der Waals surface area contributed by atoms with Crippen molar-refractivity contribution in [3.63, 3.8) is 0 Å². The minimum atomic E-state index is -0.404. The Balaban J connectivity index is 1.55. The van der Waals surface area contributed by atoms with E-state index in [1.165, 1.54) is 11.3 Å². The highest BCUT2D eigenvalue weighted by Crippen LogP contribution is 2.32. The summed E-state index contributed by atoms with van der Waals surface area (Å²) in [6.07, 6.45) is 0. The lowest BCUT2D eigenvalue weighted by atomic mass is 10.2. The third kappa shape index (κ3) is 3.32. The largest absolute Gasteiger partial charge is 0.493 e. The molecule has 2 aromatic carbocycles. The fourth-order valence-corrected chi connectivity index (χ4v) is 3.34. The number of methoxy groups -OCH3 is 2. The molecule has 0 saturated heterocycles. The van der Waals surface area contributed by atoms with E-state index in [0.29, 0.717) is 22.1 Å². The van der Waals surface area contributed by atoms with Gasteiger partial charge in [0.1, 0.15) is 0 Å². The summed E-state index contributed by atoms with van der Waals surface area (Å²) >= 11 is 1.29. The summed E-state index contributed by atoms with van der Waals surface area (Å²) in [5, 5.41) is 10.7. The molecule has 0 spiro atoms. The number of nitrogens with zero attached hydrogens (tertiary/aromatic N) is 3. The van der Waals surface area contributed by atoms with Crippen LogP contribution in [0, 0.1) is 0 Å². The Hall–Kier alpha value is -3.46. The van der Waals surface area contributed by atoms with Crippen LogP contribution in [0.1, 0.15) is 9.80 Å². The van der Waals surface area contributed by atoms with Gasteiger partial charge in [0, 0.05) is 5.56 Å². The van der Waals surface area contributed by atoms with Crippen molar-refractivity contribution in [1.29, 1.82) is 0 Å². The van der Waals surface area contributed by atoms with Crippen LogP contribution in [-0.4, -0.2) is 35.3 Å². The van der Waals surface area contributed by atoms with Gasteiger partial charge in [-0.2, -0.15) is 0 Å². The number of para-hydroxylation sites is 1. The number of amides is 1. The first-order valence-corrected chi connectivity index (χ1v) is 8.72. The van der Waals surface area contributed by atoms with Crippen molar-refractivity contribution < 1.29 is 18.7 Å². The van der Waals surface area contributed by atoms with E-state index in [1.807, 2.05) is 24.3 Å². The molecule has 0 aliphatic heterocycles. The summed E-state index contributed by atoms with van der Waals surface area (Å²) in [6.45, 7) is 0. The van der Waals surface area contributed by atoms with Gasteiger partial charge in [0.2, 0.25) is 5.89 Å². The molecule has 0 aliphatic carbocycles. The van der Waals surface area contributed by atoms with Crippen LogP contribution in [0.5, 0.6) is 11.5 Å². The predicted molar refractivity (Wildman–Crippen MR) is 100 cm³/mol. The molecule has 0 saturated carbocycles. The third-order valence-electron chi connectivity index (χ3n) is 3.76. The third-order valence-corrected chi connectivity index (χ3v) is 4.80. The number of carbonyl (C=O) groups is 1. The van der Waals surface area contributed by atoms with Crippen LogP contribution < -0.4 is 14.8 Å². The van der Waals surface area contributed by atoms with Gasteiger partial charge in [0.05, 0.1) is 24.4 Å². The maximum atomic E-state index is 12.4. The second-order valence-electron chi connectivity index (χ2n) is 5.42. The number of ether oxygens (including phenoxy) is 2. The van der Waals surface area contributed by atoms with Gasteiger partial charge in [-0.05, 0) is 30.3 Å². The number of benzene rings is 2. The first-order valence-electron chi connectivity index (χ1n) is 7.91. The second kappa shape index (κ2) is 7.04. The van der Waals surface area contributed by atoms with Gasteiger partial charge in [-0.3, -0.25) is 10.1 Å². The molecule has 0 unspecified atom stereocenters. The van der Waals surface area contributed by atoms with Crippen LogP contribution in [0.3, 0.4) is 0 Å². The molecule has 9 heteroatoms. The summed E-state index contributed by atoms with van der Waals surface area (Å²) in [7, 11) is 3.10. The highest BCUT2D eigenvalue weighted by atomic mass is 32.1. The van der Waals surface area contributed by atoms with Gasteiger partial charge in [0.15, 0.2) is 16.5 Å². The van der Waals surface area contributed by atoms with E-state index in [4.69, 9.17) is 13.9 Å². The Morgan fingerprint density at radius 2 is 1.89 bits per heavy atom. The summed E-state index contributed by atoms with van der Waals surface area (Å²) < 4.78 is 16.9. The first-order chi connectivity index (χ1) is 13.2. The summed E-state index contributed by atoms with van der Waals surface area (Å²) in [4.78, 5) is 16.7. The van der Waals surface area contributed by atoms with E-state index in [0.717, 1.165) is 10.2 Å². The summed E-state index contributed by atoms with van der Waals surface area (Å²) in [6, 6.07) is 12.7. The fraction of sp³-hybridized carbons (Fsp3) is 0.111. The number of fused-ring (bicyclic) bond motifs is 1. The quantitative estimate of drug-likeness (QED) is 0.563. The number of hydrogen-bond acceptors (Lipinski definition) is 8. The molecule has 0 atom stereocenters. The average molecular weight is 382 g/mol. The molecule has 27 heavy (non-hydrogen) atoms. The number of rotatable bonds is 5. The number of carbonyl (C=O) groups excluding carboxylic acids is 1. The number of nitrogens with one attached hydrogen (secondary N) is 1. The smallest absolute Gasteiger partial charge is 0.322 e. The maximum absolute atomic E-state index is 12.4. The zero-order valence-corrected chi connectivity index (χ0v) is 15.2. The topological polar surface area (TPSA) is 99.4 Å². The van der Waals surface area contributed by atoms with Crippen molar-refractivity contribution >= 4 is 33.5 Å². The normalized spacial score (nSPS) is 10.7. The lowest BCUT2D eigenvalue weighted by molar-refractivity contribution is 0.102. The molecular formula is C18H14N4O4S. The van der Waals surface area contributed by atoms with Gasteiger partial charge in [-0.25, -0.2) is 4.98 Å². The average Bonchev–Trinajstić information content (AvgIpc) is 3.34. The Morgan fingerprint density at radius 1 is 1.07 bits per heavy atom. The van der Waals surface area contributed by atoms with E-state index < -0.39 is 5.91 Å². The lowest BCUT2D eigenvalue weighted by Gasteiger charge is -2.07. The second-order valence-corrected chi connectivity index (χ2v) is 6.45. The van der Waals surface area contributed by atoms with Crippen molar-refractivity contribution in [3.8, 4) is 23.0 Å². The zero-order chi connectivity index (χ0) is 18.8. The Labute approximate surface area is 157 Å². The van der Waals surface area contributed by atoms with Crippen LogP contribution >= 0.6 is 11.3 Å². The lowest BCUT2D eigenvalue weighted by Crippen LogP contribution is -2.11. The Morgan fingerprint density at radius 3 is 2.67 bits per heavy atom. The molecule has 0 fully saturated rings. The van der Waals surface area contributed by atoms with Gasteiger partial charge >= 0.3 is 6.01 Å². The van der Waals surface area contributed by atoms with Gasteiger partial charge < -0.3 is 13.9 Å². The molecule has 0 bridgehead atoms. The molecule has 0 radical (unpaired) electrons. The molecule has 8 nitrogen and oxygen atoms in total. The SMILES string of the molecule is COc1ccc(-c2nnc(NC(=O)c3nc4ccccc4s3)o2)cc1OC.